The van der Waals surface area contributed by atoms with Crippen LogP contribution in [0.3, 0.4) is 0 Å². The van der Waals surface area contributed by atoms with Crippen molar-refractivity contribution in [1.82, 2.24) is 4.90 Å². The maximum absolute atomic E-state index is 12.0. The van der Waals surface area contributed by atoms with E-state index in [-0.39, 0.29) is 6.09 Å². The average Bonchev–Trinajstić information content (AvgIpc) is 2.30. The van der Waals surface area contributed by atoms with E-state index >= 15 is 0 Å². The van der Waals surface area contributed by atoms with Gasteiger partial charge in [0.1, 0.15) is 11.9 Å². The maximum Gasteiger partial charge on any atom is 0.410 e. The third-order valence-corrected chi connectivity index (χ3v) is 2.68. The molecule has 4 heteroatoms. The zero-order chi connectivity index (χ0) is 14.7. The van der Waals surface area contributed by atoms with Crippen LogP contribution in [0.1, 0.15) is 66.2 Å². The molecule has 0 aromatic rings. The number of carbonyl (C=O) groups is 2. The summed E-state index contributed by atoms with van der Waals surface area (Å²) in [6.07, 6.45) is 6.19. The molecule has 0 heterocycles. The highest BCUT2D eigenvalue weighted by Crippen LogP contribution is 2.12. The van der Waals surface area contributed by atoms with Gasteiger partial charge >= 0.3 is 6.09 Å². The molecule has 19 heavy (non-hydrogen) atoms. The Hall–Kier alpha value is -1.06. The fraction of sp³-hybridized carbons (Fsp3) is 0.867. The van der Waals surface area contributed by atoms with Crippen LogP contribution in [0.15, 0.2) is 0 Å². The zero-order valence-corrected chi connectivity index (χ0v) is 12.9. The number of unbranched alkanes of at least 4 members (excludes halogenated alkanes) is 4. The number of hydrogen-bond donors (Lipinski definition) is 0. The smallest absolute Gasteiger partial charge is 0.410 e. The van der Waals surface area contributed by atoms with Crippen molar-refractivity contribution in [3.63, 3.8) is 0 Å². The number of hydrogen-bond acceptors (Lipinski definition) is 3. The van der Waals surface area contributed by atoms with Crippen LogP contribution in [0, 0.1) is 0 Å². The number of aldehydes is 1. The first-order valence-electron chi connectivity index (χ1n) is 7.32. The van der Waals surface area contributed by atoms with Gasteiger partial charge in [0.2, 0.25) is 0 Å². The van der Waals surface area contributed by atoms with E-state index in [9.17, 15) is 9.59 Å². The number of rotatable bonds is 9. The Morgan fingerprint density at radius 3 is 2.26 bits per heavy atom. The van der Waals surface area contributed by atoms with Gasteiger partial charge in [-0.25, -0.2) is 4.79 Å². The van der Waals surface area contributed by atoms with E-state index in [4.69, 9.17) is 4.74 Å². The summed E-state index contributed by atoms with van der Waals surface area (Å²) in [5.41, 5.74) is -0.445. The normalized spacial score (nSPS) is 11.2. The minimum absolute atomic E-state index is 0.226. The first-order valence-corrected chi connectivity index (χ1v) is 7.32. The van der Waals surface area contributed by atoms with Crippen molar-refractivity contribution in [1.29, 1.82) is 0 Å². The predicted octanol–water partition coefficient (Wildman–Crippen LogP) is 3.78. The van der Waals surface area contributed by atoms with Crippen molar-refractivity contribution in [3.05, 3.63) is 0 Å². The van der Waals surface area contributed by atoms with Crippen LogP contribution in [-0.2, 0) is 9.53 Å². The molecule has 0 spiro atoms. The quantitative estimate of drug-likeness (QED) is 0.473. The molecule has 0 radical (unpaired) electrons. The Morgan fingerprint density at radius 1 is 1.11 bits per heavy atom. The van der Waals surface area contributed by atoms with Gasteiger partial charge < -0.3 is 14.4 Å². The minimum Gasteiger partial charge on any atom is -0.444 e. The first-order chi connectivity index (χ1) is 8.90. The van der Waals surface area contributed by atoms with Crippen LogP contribution in [0.25, 0.3) is 0 Å². The molecule has 112 valence electrons. The second-order valence-corrected chi connectivity index (χ2v) is 5.84. The molecule has 4 nitrogen and oxygen atoms in total. The van der Waals surface area contributed by atoms with E-state index in [1.807, 2.05) is 20.8 Å². The SMILES string of the molecule is CCCCN(CCCCCC=O)C(=O)OC(C)(C)C. The van der Waals surface area contributed by atoms with Crippen LogP contribution in [0.2, 0.25) is 0 Å². The molecular formula is C15H29NO3. The summed E-state index contributed by atoms with van der Waals surface area (Å²) < 4.78 is 5.41. The molecule has 0 fully saturated rings. The molecule has 0 saturated carbocycles. The van der Waals surface area contributed by atoms with Crippen molar-refractivity contribution >= 4 is 12.4 Å². The second-order valence-electron chi connectivity index (χ2n) is 5.84. The van der Waals surface area contributed by atoms with Gasteiger partial charge in [-0.05, 0) is 40.0 Å². The highest BCUT2D eigenvalue weighted by molar-refractivity contribution is 5.68. The standard InChI is InChI=1S/C15H29NO3/c1-5-6-11-16(12-9-7-8-10-13-17)14(18)19-15(2,3)4/h13H,5-12H2,1-4H3. The van der Waals surface area contributed by atoms with E-state index < -0.39 is 5.60 Å². The molecule has 0 aliphatic carbocycles. The van der Waals surface area contributed by atoms with Crippen LogP contribution in [0.5, 0.6) is 0 Å². The molecule has 0 atom stereocenters. The van der Waals surface area contributed by atoms with Crippen molar-refractivity contribution in [3.8, 4) is 0 Å². The van der Waals surface area contributed by atoms with E-state index in [1.165, 1.54) is 0 Å². The lowest BCUT2D eigenvalue weighted by Gasteiger charge is -2.27. The number of nitrogens with zero attached hydrogens (tertiary/aromatic N) is 1. The number of amides is 1. The monoisotopic (exact) mass is 271 g/mol. The van der Waals surface area contributed by atoms with Crippen LogP contribution in [0.4, 0.5) is 4.79 Å². The van der Waals surface area contributed by atoms with E-state index in [2.05, 4.69) is 6.92 Å². The Bertz CT molecular complexity index is 259. The van der Waals surface area contributed by atoms with Crippen molar-refractivity contribution < 1.29 is 14.3 Å². The van der Waals surface area contributed by atoms with Gasteiger partial charge in [-0.3, -0.25) is 0 Å². The van der Waals surface area contributed by atoms with Gasteiger partial charge in [-0.1, -0.05) is 19.8 Å². The van der Waals surface area contributed by atoms with Gasteiger partial charge in [-0.2, -0.15) is 0 Å². The Labute approximate surface area is 117 Å². The van der Waals surface area contributed by atoms with Gasteiger partial charge in [0, 0.05) is 19.5 Å². The third kappa shape index (κ3) is 10.5. The van der Waals surface area contributed by atoms with Gasteiger partial charge in [0.15, 0.2) is 0 Å². The van der Waals surface area contributed by atoms with Crippen LogP contribution in [-0.4, -0.2) is 36.0 Å². The Balaban J connectivity index is 4.13. The molecule has 0 rings (SSSR count). The van der Waals surface area contributed by atoms with Crippen molar-refractivity contribution in [2.75, 3.05) is 13.1 Å². The predicted molar refractivity (Wildman–Crippen MR) is 77.2 cm³/mol. The summed E-state index contributed by atoms with van der Waals surface area (Å²) in [6, 6.07) is 0. The van der Waals surface area contributed by atoms with Crippen LogP contribution >= 0.6 is 0 Å². The number of carbonyl (C=O) groups excluding carboxylic acids is 2. The summed E-state index contributed by atoms with van der Waals surface area (Å²) in [5.74, 6) is 0. The molecule has 0 bridgehead atoms. The van der Waals surface area contributed by atoms with Gasteiger partial charge in [-0.15, -0.1) is 0 Å². The highest BCUT2D eigenvalue weighted by Gasteiger charge is 2.21. The summed E-state index contributed by atoms with van der Waals surface area (Å²) in [5, 5.41) is 0. The topological polar surface area (TPSA) is 46.6 Å². The van der Waals surface area contributed by atoms with Crippen molar-refractivity contribution in [2.45, 2.75) is 71.8 Å². The fourth-order valence-electron chi connectivity index (χ4n) is 1.68. The Morgan fingerprint density at radius 2 is 1.74 bits per heavy atom. The molecule has 0 aromatic heterocycles. The lowest BCUT2D eigenvalue weighted by Crippen LogP contribution is -2.38. The van der Waals surface area contributed by atoms with Gasteiger partial charge in [0.05, 0.1) is 0 Å². The number of ether oxygens (including phenoxy) is 1. The third-order valence-electron chi connectivity index (χ3n) is 2.68. The molecule has 0 aliphatic rings. The minimum atomic E-state index is -0.445. The summed E-state index contributed by atoms with van der Waals surface area (Å²) in [4.78, 5) is 24.0. The zero-order valence-electron chi connectivity index (χ0n) is 12.9. The van der Waals surface area contributed by atoms with E-state index in [1.54, 1.807) is 4.90 Å². The van der Waals surface area contributed by atoms with Gasteiger partial charge in [0.25, 0.3) is 0 Å². The first kappa shape index (κ1) is 17.9. The van der Waals surface area contributed by atoms with E-state index in [0.717, 1.165) is 44.9 Å². The molecule has 0 aromatic carbocycles. The second kappa shape index (κ2) is 9.82. The van der Waals surface area contributed by atoms with Crippen molar-refractivity contribution in [2.24, 2.45) is 0 Å². The highest BCUT2D eigenvalue weighted by atomic mass is 16.6. The fourth-order valence-corrected chi connectivity index (χ4v) is 1.68. The summed E-state index contributed by atoms with van der Waals surface area (Å²) in [7, 11) is 0. The van der Waals surface area contributed by atoms with Crippen LogP contribution < -0.4 is 0 Å². The molecule has 1 amide bonds. The molecule has 0 N–H and O–H groups in total. The van der Waals surface area contributed by atoms with E-state index in [0.29, 0.717) is 13.0 Å². The molecular weight excluding hydrogens is 242 g/mol. The maximum atomic E-state index is 12.0. The lowest BCUT2D eigenvalue weighted by molar-refractivity contribution is -0.107. The summed E-state index contributed by atoms with van der Waals surface area (Å²) >= 11 is 0. The average molecular weight is 271 g/mol. The lowest BCUT2D eigenvalue weighted by atomic mass is 10.2. The molecule has 0 aliphatic heterocycles. The largest absolute Gasteiger partial charge is 0.444 e. The Kier molecular flexibility index (Phi) is 9.27. The molecule has 0 unspecified atom stereocenters. The summed E-state index contributed by atoms with van der Waals surface area (Å²) in [6.45, 7) is 9.22. The molecule has 0 saturated heterocycles.